The minimum atomic E-state index is -0.116. The molecule has 1 aromatic carbocycles. The highest BCUT2D eigenvalue weighted by Gasteiger charge is 2.10. The van der Waals surface area contributed by atoms with Crippen LogP contribution in [0, 0.1) is 13.8 Å². The van der Waals surface area contributed by atoms with Crippen molar-refractivity contribution in [3.05, 3.63) is 51.3 Å². The number of aromatic nitrogens is 1. The first-order valence-electron chi connectivity index (χ1n) is 5.53. The van der Waals surface area contributed by atoms with Gasteiger partial charge in [-0.15, -0.1) is 0 Å². The van der Waals surface area contributed by atoms with Gasteiger partial charge in [0.2, 0.25) is 0 Å². The topological polar surface area (TPSA) is 55.1 Å². The van der Waals surface area contributed by atoms with Gasteiger partial charge >= 0.3 is 0 Å². The number of nitrogens with zero attached hydrogens (tertiary/aromatic N) is 1. The van der Waals surface area contributed by atoms with E-state index in [0.29, 0.717) is 17.8 Å². The molecule has 1 aromatic heterocycles. The van der Waals surface area contributed by atoms with Crippen LogP contribution in [0.4, 0.5) is 0 Å². The zero-order valence-electron chi connectivity index (χ0n) is 10.2. The molecule has 0 aliphatic heterocycles. The minimum Gasteiger partial charge on any atom is -0.361 e. The van der Waals surface area contributed by atoms with Crippen molar-refractivity contribution in [2.45, 2.75) is 20.4 Å². The Bertz CT molecular complexity index is 578. The third kappa shape index (κ3) is 2.98. The predicted octanol–water partition coefficient (Wildman–Crippen LogP) is 2.98. The number of benzene rings is 1. The van der Waals surface area contributed by atoms with Crippen LogP contribution < -0.4 is 5.32 Å². The van der Waals surface area contributed by atoms with Crippen molar-refractivity contribution in [3.63, 3.8) is 0 Å². The number of carbonyl (C=O) groups excluding carboxylic acids is 1. The third-order valence-electron chi connectivity index (χ3n) is 2.55. The fraction of sp³-hybridized carbons (Fsp3) is 0.231. The summed E-state index contributed by atoms with van der Waals surface area (Å²) in [7, 11) is 0. The highest BCUT2D eigenvalue weighted by atomic mass is 79.9. The van der Waals surface area contributed by atoms with Gasteiger partial charge in [-0.05, 0) is 31.5 Å². The second-order valence-electron chi connectivity index (χ2n) is 4.07. The third-order valence-corrected chi connectivity index (χ3v) is 3.04. The van der Waals surface area contributed by atoms with E-state index in [-0.39, 0.29) is 5.91 Å². The number of hydrogen-bond donors (Lipinski definition) is 1. The van der Waals surface area contributed by atoms with Gasteiger partial charge in [0.05, 0.1) is 6.54 Å². The summed E-state index contributed by atoms with van der Waals surface area (Å²) in [6.45, 7) is 4.08. The van der Waals surface area contributed by atoms with Gasteiger partial charge in [0.1, 0.15) is 11.5 Å². The molecule has 0 atom stereocenters. The van der Waals surface area contributed by atoms with E-state index < -0.39 is 0 Å². The fourth-order valence-corrected chi connectivity index (χ4v) is 1.97. The summed E-state index contributed by atoms with van der Waals surface area (Å²) in [5.74, 6) is 0.618. The molecular formula is C13H13BrN2O2. The van der Waals surface area contributed by atoms with E-state index >= 15 is 0 Å². The average molecular weight is 309 g/mol. The van der Waals surface area contributed by atoms with Crippen molar-refractivity contribution >= 4 is 21.8 Å². The SMILES string of the molecule is Cc1cc(CNC(=O)c2cc(Br)ccc2C)no1. The van der Waals surface area contributed by atoms with Gasteiger partial charge in [-0.3, -0.25) is 4.79 Å². The molecule has 94 valence electrons. The van der Waals surface area contributed by atoms with E-state index in [2.05, 4.69) is 26.4 Å². The molecule has 0 fully saturated rings. The standard InChI is InChI=1S/C13H13BrN2O2/c1-8-3-4-10(14)6-12(8)13(17)15-7-11-5-9(2)18-16-11/h3-6H,7H2,1-2H3,(H,15,17). The molecule has 2 rings (SSSR count). The number of amides is 1. The van der Waals surface area contributed by atoms with Crippen LogP contribution in [0.5, 0.6) is 0 Å². The van der Waals surface area contributed by atoms with Gasteiger partial charge in [-0.1, -0.05) is 27.2 Å². The maximum atomic E-state index is 12.0. The predicted molar refractivity (Wildman–Crippen MR) is 71.3 cm³/mol. The van der Waals surface area contributed by atoms with Crippen LogP contribution in [-0.4, -0.2) is 11.1 Å². The van der Waals surface area contributed by atoms with Crippen LogP contribution in [0.15, 0.2) is 33.3 Å². The summed E-state index contributed by atoms with van der Waals surface area (Å²) in [6.07, 6.45) is 0. The van der Waals surface area contributed by atoms with Crippen molar-refractivity contribution in [2.24, 2.45) is 0 Å². The maximum absolute atomic E-state index is 12.0. The number of carbonyl (C=O) groups is 1. The zero-order valence-corrected chi connectivity index (χ0v) is 11.7. The Morgan fingerprint density at radius 2 is 2.17 bits per heavy atom. The Labute approximate surface area is 113 Å². The summed E-state index contributed by atoms with van der Waals surface area (Å²) < 4.78 is 5.82. The molecule has 1 N–H and O–H groups in total. The molecule has 18 heavy (non-hydrogen) atoms. The Morgan fingerprint density at radius 1 is 1.39 bits per heavy atom. The molecule has 0 saturated heterocycles. The van der Waals surface area contributed by atoms with Crippen molar-refractivity contribution in [1.82, 2.24) is 10.5 Å². The monoisotopic (exact) mass is 308 g/mol. The molecule has 0 saturated carbocycles. The van der Waals surface area contributed by atoms with E-state index in [9.17, 15) is 4.79 Å². The lowest BCUT2D eigenvalue weighted by molar-refractivity contribution is 0.0949. The lowest BCUT2D eigenvalue weighted by atomic mass is 10.1. The van der Waals surface area contributed by atoms with E-state index in [1.165, 1.54) is 0 Å². The molecule has 0 aliphatic carbocycles. The first-order chi connectivity index (χ1) is 8.56. The van der Waals surface area contributed by atoms with E-state index in [1.807, 2.05) is 26.0 Å². The van der Waals surface area contributed by atoms with Gasteiger partial charge in [0.25, 0.3) is 5.91 Å². The molecule has 2 aromatic rings. The summed E-state index contributed by atoms with van der Waals surface area (Å²) in [5, 5.41) is 6.64. The van der Waals surface area contributed by atoms with Crippen LogP contribution in [0.25, 0.3) is 0 Å². The lowest BCUT2D eigenvalue weighted by Crippen LogP contribution is -2.23. The number of aryl methyl sites for hydroxylation is 2. The molecule has 5 heteroatoms. The quantitative estimate of drug-likeness (QED) is 0.948. The Hall–Kier alpha value is -1.62. The lowest BCUT2D eigenvalue weighted by Gasteiger charge is -2.06. The molecule has 1 amide bonds. The highest BCUT2D eigenvalue weighted by Crippen LogP contribution is 2.16. The van der Waals surface area contributed by atoms with Crippen molar-refractivity contribution < 1.29 is 9.32 Å². The first kappa shape index (κ1) is 12.8. The Kier molecular flexibility index (Phi) is 3.81. The minimum absolute atomic E-state index is 0.116. The van der Waals surface area contributed by atoms with Gasteiger partial charge in [-0.25, -0.2) is 0 Å². The Balaban J connectivity index is 2.05. The van der Waals surface area contributed by atoms with Gasteiger partial charge in [0, 0.05) is 16.1 Å². The van der Waals surface area contributed by atoms with Crippen LogP contribution in [0.1, 0.15) is 27.4 Å². The normalized spacial score (nSPS) is 10.4. The summed E-state index contributed by atoms with van der Waals surface area (Å²) >= 11 is 3.36. The number of nitrogens with one attached hydrogen (secondary N) is 1. The number of halogens is 1. The summed E-state index contributed by atoms with van der Waals surface area (Å²) in [6, 6.07) is 7.42. The van der Waals surface area contributed by atoms with Crippen LogP contribution >= 0.6 is 15.9 Å². The highest BCUT2D eigenvalue weighted by molar-refractivity contribution is 9.10. The van der Waals surface area contributed by atoms with Gasteiger partial charge in [-0.2, -0.15) is 0 Å². The van der Waals surface area contributed by atoms with Crippen LogP contribution in [-0.2, 0) is 6.54 Å². The number of hydrogen-bond acceptors (Lipinski definition) is 3. The molecule has 1 heterocycles. The van der Waals surface area contributed by atoms with Crippen LogP contribution in [0.2, 0.25) is 0 Å². The largest absolute Gasteiger partial charge is 0.361 e. The van der Waals surface area contributed by atoms with E-state index in [1.54, 1.807) is 12.1 Å². The first-order valence-corrected chi connectivity index (χ1v) is 6.32. The fourth-order valence-electron chi connectivity index (χ4n) is 1.61. The van der Waals surface area contributed by atoms with Gasteiger partial charge in [0.15, 0.2) is 0 Å². The molecule has 0 aliphatic rings. The van der Waals surface area contributed by atoms with Gasteiger partial charge < -0.3 is 9.84 Å². The maximum Gasteiger partial charge on any atom is 0.251 e. The van der Waals surface area contributed by atoms with Crippen LogP contribution in [0.3, 0.4) is 0 Å². The average Bonchev–Trinajstić information content (AvgIpc) is 2.75. The smallest absolute Gasteiger partial charge is 0.251 e. The molecule has 0 radical (unpaired) electrons. The van der Waals surface area contributed by atoms with E-state index in [4.69, 9.17) is 4.52 Å². The summed E-state index contributed by atoms with van der Waals surface area (Å²) in [4.78, 5) is 12.0. The van der Waals surface area contributed by atoms with Crippen molar-refractivity contribution in [3.8, 4) is 0 Å². The number of rotatable bonds is 3. The molecule has 0 bridgehead atoms. The van der Waals surface area contributed by atoms with E-state index in [0.717, 1.165) is 15.8 Å². The molecule has 4 nitrogen and oxygen atoms in total. The molecule has 0 unspecified atom stereocenters. The summed E-state index contributed by atoms with van der Waals surface area (Å²) in [5.41, 5.74) is 2.31. The second-order valence-corrected chi connectivity index (χ2v) is 4.99. The molecule has 0 spiro atoms. The van der Waals surface area contributed by atoms with Crippen molar-refractivity contribution in [1.29, 1.82) is 0 Å². The van der Waals surface area contributed by atoms with Crippen molar-refractivity contribution in [2.75, 3.05) is 0 Å². The second kappa shape index (κ2) is 5.35. The molecular weight excluding hydrogens is 296 g/mol. The zero-order chi connectivity index (χ0) is 13.1. The Morgan fingerprint density at radius 3 is 2.83 bits per heavy atom.